The Kier molecular flexibility index (Phi) is 5.28. The maximum atomic E-state index is 12.9. The first-order valence-electron chi connectivity index (χ1n) is 9.14. The Labute approximate surface area is 181 Å². The molecule has 32 heavy (non-hydrogen) atoms. The second kappa shape index (κ2) is 7.82. The third-order valence-electron chi connectivity index (χ3n) is 4.52. The minimum Gasteiger partial charge on any atom is -0.425 e. The van der Waals surface area contributed by atoms with Gasteiger partial charge in [0.1, 0.15) is 16.5 Å². The van der Waals surface area contributed by atoms with E-state index in [1.54, 1.807) is 0 Å². The minimum atomic E-state index is -4.86. The molecule has 0 N–H and O–H groups in total. The average molecular weight is 467 g/mol. The molecule has 168 valence electrons. The topological polar surface area (TPSA) is 93.2 Å². The molecule has 0 aliphatic rings. The van der Waals surface area contributed by atoms with Crippen molar-refractivity contribution in [2.75, 3.05) is 0 Å². The molecule has 0 atom stereocenters. The van der Waals surface area contributed by atoms with E-state index in [-0.39, 0.29) is 29.5 Å². The van der Waals surface area contributed by atoms with Crippen LogP contribution in [0.3, 0.4) is 0 Å². The first kappa shape index (κ1) is 21.6. The second-order valence-corrected chi connectivity index (χ2v) is 7.81. The highest BCUT2D eigenvalue weighted by Crippen LogP contribution is 2.30. The van der Waals surface area contributed by atoms with Gasteiger partial charge in [-0.05, 0) is 19.1 Å². The second-order valence-electron chi connectivity index (χ2n) is 6.87. The highest BCUT2D eigenvalue weighted by atomic mass is 32.1. The van der Waals surface area contributed by atoms with Crippen molar-refractivity contribution in [2.24, 2.45) is 14.1 Å². The molecule has 3 aromatic heterocycles. The summed E-state index contributed by atoms with van der Waals surface area (Å²) in [5.74, 6) is -0.475. The van der Waals surface area contributed by atoms with Crippen molar-refractivity contribution in [1.29, 1.82) is 0 Å². The van der Waals surface area contributed by atoms with Gasteiger partial charge in [0.2, 0.25) is 0 Å². The van der Waals surface area contributed by atoms with E-state index in [1.165, 1.54) is 46.7 Å². The number of hydrogen-bond acceptors (Lipinski definition) is 7. The Hall–Kier alpha value is -3.61. The van der Waals surface area contributed by atoms with E-state index in [9.17, 15) is 22.8 Å². The van der Waals surface area contributed by atoms with Gasteiger partial charge in [0, 0.05) is 31.2 Å². The van der Waals surface area contributed by atoms with Crippen molar-refractivity contribution in [1.82, 2.24) is 23.7 Å². The van der Waals surface area contributed by atoms with E-state index in [0.717, 1.165) is 22.4 Å². The van der Waals surface area contributed by atoms with Crippen LogP contribution in [0.1, 0.15) is 10.7 Å². The Morgan fingerprint density at radius 2 is 1.81 bits per heavy atom. The molecule has 4 rings (SSSR count). The van der Waals surface area contributed by atoms with Crippen LogP contribution in [-0.2, 0) is 20.6 Å². The molecule has 0 aliphatic carbocycles. The highest BCUT2D eigenvalue weighted by molar-refractivity contribution is 7.09. The zero-order chi connectivity index (χ0) is 23.2. The standard InChI is InChI=1S/C19H16F3N5O4S/c1-10-9-32-13(23-10)8-27-14-15(25(2)18(29)26(3)16(14)28)24-17(27)30-11-5-4-6-12(7-11)31-19(20,21)22/h4-7,9H,8H2,1-3H3. The van der Waals surface area contributed by atoms with Crippen molar-refractivity contribution in [2.45, 2.75) is 19.8 Å². The quantitative estimate of drug-likeness (QED) is 0.448. The summed E-state index contributed by atoms with van der Waals surface area (Å²) in [4.78, 5) is 33.8. The minimum absolute atomic E-state index is 0.000416. The molecular formula is C19H16F3N5O4S. The van der Waals surface area contributed by atoms with Crippen LogP contribution in [0.25, 0.3) is 11.2 Å². The number of alkyl halides is 3. The smallest absolute Gasteiger partial charge is 0.425 e. The number of halogens is 3. The van der Waals surface area contributed by atoms with E-state index in [1.807, 2.05) is 12.3 Å². The van der Waals surface area contributed by atoms with Crippen LogP contribution in [0.15, 0.2) is 39.2 Å². The van der Waals surface area contributed by atoms with E-state index in [4.69, 9.17) is 4.74 Å². The zero-order valence-corrected chi connectivity index (χ0v) is 17.8. The maximum Gasteiger partial charge on any atom is 0.573 e. The van der Waals surface area contributed by atoms with Gasteiger partial charge in [-0.2, -0.15) is 4.98 Å². The van der Waals surface area contributed by atoms with Gasteiger partial charge in [0.25, 0.3) is 5.56 Å². The summed E-state index contributed by atoms with van der Waals surface area (Å²) in [6.45, 7) is 1.93. The summed E-state index contributed by atoms with van der Waals surface area (Å²) in [7, 11) is 2.80. The van der Waals surface area contributed by atoms with Gasteiger partial charge < -0.3 is 9.47 Å². The number of hydrogen-bond donors (Lipinski definition) is 0. The Morgan fingerprint density at radius 1 is 1.09 bits per heavy atom. The van der Waals surface area contributed by atoms with Crippen LogP contribution in [0.5, 0.6) is 17.5 Å². The molecule has 13 heteroatoms. The number of nitrogens with zero attached hydrogens (tertiary/aromatic N) is 5. The Balaban J connectivity index is 1.85. The molecule has 0 unspecified atom stereocenters. The third-order valence-corrected chi connectivity index (χ3v) is 5.47. The Morgan fingerprint density at radius 3 is 2.47 bits per heavy atom. The number of ether oxygens (including phenoxy) is 2. The van der Waals surface area contributed by atoms with Crippen LogP contribution in [0.4, 0.5) is 13.2 Å². The largest absolute Gasteiger partial charge is 0.573 e. The zero-order valence-electron chi connectivity index (χ0n) is 17.0. The van der Waals surface area contributed by atoms with Crippen molar-refractivity contribution in [3.8, 4) is 17.5 Å². The molecule has 4 aromatic rings. The Bertz CT molecular complexity index is 1430. The summed E-state index contributed by atoms with van der Waals surface area (Å²) in [5.41, 5.74) is -0.212. The molecule has 0 radical (unpaired) electrons. The number of rotatable bonds is 5. The molecule has 0 bridgehead atoms. The molecule has 1 aromatic carbocycles. The number of aryl methyl sites for hydroxylation is 2. The highest BCUT2D eigenvalue weighted by Gasteiger charge is 2.31. The molecule has 0 fully saturated rings. The SMILES string of the molecule is Cc1csc(Cn2c(Oc3cccc(OC(F)(F)F)c3)nc3c2c(=O)n(C)c(=O)n3C)n1. The molecule has 0 saturated heterocycles. The number of fused-ring (bicyclic) bond motifs is 1. The maximum absolute atomic E-state index is 12.9. The summed E-state index contributed by atoms with van der Waals surface area (Å²) < 4.78 is 50.9. The van der Waals surface area contributed by atoms with Crippen LogP contribution >= 0.6 is 11.3 Å². The fourth-order valence-electron chi connectivity index (χ4n) is 3.10. The number of benzene rings is 1. The van der Waals surface area contributed by atoms with Crippen molar-refractivity contribution in [3.05, 3.63) is 61.2 Å². The van der Waals surface area contributed by atoms with Gasteiger partial charge in [-0.25, -0.2) is 9.78 Å². The summed E-state index contributed by atoms with van der Waals surface area (Å²) in [5, 5.41) is 2.48. The van der Waals surface area contributed by atoms with Crippen LogP contribution in [-0.4, -0.2) is 30.0 Å². The summed E-state index contributed by atoms with van der Waals surface area (Å²) in [6, 6.07) is 4.82. The van der Waals surface area contributed by atoms with Gasteiger partial charge in [-0.3, -0.25) is 18.5 Å². The molecule has 0 saturated carbocycles. The molecule has 0 aliphatic heterocycles. The lowest BCUT2D eigenvalue weighted by Crippen LogP contribution is -2.37. The number of thiazole rings is 1. The van der Waals surface area contributed by atoms with E-state index >= 15 is 0 Å². The first-order chi connectivity index (χ1) is 15.0. The predicted molar refractivity (Wildman–Crippen MR) is 109 cm³/mol. The fraction of sp³-hybridized carbons (Fsp3) is 0.263. The molecule has 3 heterocycles. The van der Waals surface area contributed by atoms with Crippen LogP contribution in [0.2, 0.25) is 0 Å². The van der Waals surface area contributed by atoms with E-state index in [0.29, 0.717) is 5.01 Å². The molecule has 9 nitrogen and oxygen atoms in total. The van der Waals surface area contributed by atoms with Gasteiger partial charge in [-0.1, -0.05) is 6.07 Å². The molecule has 0 amide bonds. The van der Waals surface area contributed by atoms with Crippen LogP contribution in [0, 0.1) is 6.92 Å². The third kappa shape index (κ3) is 4.10. The van der Waals surface area contributed by atoms with Crippen molar-refractivity contribution >= 4 is 22.5 Å². The van der Waals surface area contributed by atoms with Gasteiger partial charge in [0.05, 0.1) is 6.54 Å². The normalized spacial score (nSPS) is 11.8. The van der Waals surface area contributed by atoms with E-state index < -0.39 is 23.4 Å². The first-order valence-corrected chi connectivity index (χ1v) is 10.0. The summed E-state index contributed by atoms with van der Waals surface area (Å²) >= 11 is 1.36. The fourth-order valence-corrected chi connectivity index (χ4v) is 3.86. The van der Waals surface area contributed by atoms with Gasteiger partial charge in [0.15, 0.2) is 11.2 Å². The molecular weight excluding hydrogens is 451 g/mol. The summed E-state index contributed by atoms with van der Waals surface area (Å²) in [6.07, 6.45) is -4.86. The van der Waals surface area contributed by atoms with E-state index in [2.05, 4.69) is 14.7 Å². The van der Waals surface area contributed by atoms with Gasteiger partial charge >= 0.3 is 18.1 Å². The monoisotopic (exact) mass is 467 g/mol. The molecule has 0 spiro atoms. The number of aromatic nitrogens is 5. The van der Waals surface area contributed by atoms with Crippen LogP contribution < -0.4 is 20.7 Å². The number of imidazole rings is 1. The lowest BCUT2D eigenvalue weighted by atomic mass is 10.3. The predicted octanol–water partition coefficient (Wildman–Crippen LogP) is 2.94. The lowest BCUT2D eigenvalue weighted by Gasteiger charge is -2.11. The van der Waals surface area contributed by atoms with Crippen molar-refractivity contribution < 1.29 is 22.6 Å². The van der Waals surface area contributed by atoms with Crippen molar-refractivity contribution in [3.63, 3.8) is 0 Å². The van der Waals surface area contributed by atoms with Gasteiger partial charge in [-0.15, -0.1) is 24.5 Å². The average Bonchev–Trinajstić information content (AvgIpc) is 3.28. The lowest BCUT2D eigenvalue weighted by molar-refractivity contribution is -0.274.